The lowest BCUT2D eigenvalue weighted by Gasteiger charge is -2.25. The molecule has 1 amide bonds. The Kier molecular flexibility index (Phi) is 6.64. The Labute approximate surface area is 193 Å². The number of rotatable bonds is 8. The average molecular weight is 466 g/mol. The molecular weight excluding hydrogens is 446 g/mol. The number of fused-ring (bicyclic) bond motifs is 1. The number of nitrogens with one attached hydrogen (secondary N) is 2. The SMILES string of the molecule is O=C(O)C(O)CNN(Cc1ccc(-c2ccccc2)cc1)C(=O)c1cc(Cl)c2[nH]nnc2c1. The van der Waals surface area contributed by atoms with Crippen LogP contribution in [0.25, 0.3) is 22.2 Å². The molecule has 10 heteroatoms. The highest BCUT2D eigenvalue weighted by molar-refractivity contribution is 6.35. The standard InChI is InChI=1S/C23H20ClN5O4/c24-18-10-17(11-19-21(18)27-28-26-19)22(31)29(25-12-20(30)23(32)33)13-14-6-8-16(9-7-14)15-4-2-1-3-5-15/h1-11,20,25,30H,12-13H2,(H,32,33)(H,26,27,28). The number of hydrogen-bond acceptors (Lipinski definition) is 6. The van der Waals surface area contributed by atoms with E-state index in [1.165, 1.54) is 17.1 Å². The predicted octanol–water partition coefficient (Wildman–Crippen LogP) is 2.87. The van der Waals surface area contributed by atoms with Gasteiger partial charge in [-0.15, -0.1) is 5.10 Å². The summed E-state index contributed by atoms with van der Waals surface area (Å²) < 4.78 is 0. The second-order valence-corrected chi connectivity index (χ2v) is 7.74. The Morgan fingerprint density at radius 3 is 2.45 bits per heavy atom. The van der Waals surface area contributed by atoms with Crippen LogP contribution in [0.5, 0.6) is 0 Å². The zero-order valence-corrected chi connectivity index (χ0v) is 18.0. The van der Waals surface area contributed by atoms with E-state index in [4.69, 9.17) is 16.7 Å². The summed E-state index contributed by atoms with van der Waals surface area (Å²) in [5.41, 5.74) is 6.77. The largest absolute Gasteiger partial charge is 0.479 e. The number of hydrogen-bond donors (Lipinski definition) is 4. The lowest BCUT2D eigenvalue weighted by atomic mass is 10.0. The van der Waals surface area contributed by atoms with Crippen molar-refractivity contribution in [3.63, 3.8) is 0 Å². The van der Waals surface area contributed by atoms with E-state index >= 15 is 0 Å². The van der Waals surface area contributed by atoms with Gasteiger partial charge in [0.05, 0.1) is 18.1 Å². The van der Waals surface area contributed by atoms with Gasteiger partial charge >= 0.3 is 5.97 Å². The van der Waals surface area contributed by atoms with E-state index in [2.05, 4.69) is 20.8 Å². The highest BCUT2D eigenvalue weighted by Crippen LogP contribution is 2.23. The van der Waals surface area contributed by atoms with Crippen molar-refractivity contribution < 1.29 is 19.8 Å². The van der Waals surface area contributed by atoms with E-state index in [0.29, 0.717) is 11.0 Å². The first kappa shape index (κ1) is 22.4. The van der Waals surface area contributed by atoms with Crippen LogP contribution in [-0.2, 0) is 11.3 Å². The molecule has 0 bridgehead atoms. The molecule has 0 saturated carbocycles. The molecule has 0 aliphatic heterocycles. The number of aliphatic hydroxyl groups is 1. The van der Waals surface area contributed by atoms with Gasteiger partial charge in [0.25, 0.3) is 5.91 Å². The molecule has 0 fully saturated rings. The summed E-state index contributed by atoms with van der Waals surface area (Å²) in [7, 11) is 0. The summed E-state index contributed by atoms with van der Waals surface area (Å²) >= 11 is 6.24. The smallest absolute Gasteiger partial charge is 0.333 e. The molecule has 4 rings (SSSR count). The van der Waals surface area contributed by atoms with Crippen molar-refractivity contribution in [1.82, 2.24) is 25.8 Å². The molecule has 1 aromatic heterocycles. The molecule has 4 N–H and O–H groups in total. The Bertz CT molecular complexity index is 1280. The number of nitrogens with zero attached hydrogens (tertiary/aromatic N) is 3. The first-order chi connectivity index (χ1) is 15.9. The molecule has 0 aliphatic rings. The minimum Gasteiger partial charge on any atom is -0.479 e. The summed E-state index contributed by atoms with van der Waals surface area (Å²) in [6, 6.07) is 20.5. The minimum atomic E-state index is -1.68. The van der Waals surface area contributed by atoms with Crippen molar-refractivity contribution in [3.05, 3.63) is 82.9 Å². The van der Waals surface area contributed by atoms with Gasteiger partial charge in [-0.1, -0.05) is 71.4 Å². The number of carboxylic acids is 1. The van der Waals surface area contributed by atoms with Crippen LogP contribution in [0.4, 0.5) is 0 Å². The van der Waals surface area contributed by atoms with Gasteiger partial charge in [-0.3, -0.25) is 14.9 Å². The van der Waals surface area contributed by atoms with Crippen LogP contribution in [0, 0.1) is 0 Å². The van der Waals surface area contributed by atoms with Crippen molar-refractivity contribution in [2.75, 3.05) is 6.54 Å². The number of carbonyl (C=O) groups is 2. The van der Waals surface area contributed by atoms with Crippen LogP contribution >= 0.6 is 11.6 Å². The number of carboxylic acid groups (broad SMARTS) is 1. The molecule has 1 heterocycles. The Hall–Kier alpha value is -3.79. The number of halogens is 1. The fourth-order valence-corrected chi connectivity index (χ4v) is 3.55. The zero-order valence-electron chi connectivity index (χ0n) is 17.3. The van der Waals surface area contributed by atoms with Crippen LogP contribution in [-0.4, -0.2) is 55.2 Å². The number of amides is 1. The predicted molar refractivity (Wildman–Crippen MR) is 122 cm³/mol. The number of aliphatic hydroxyl groups excluding tert-OH is 1. The molecule has 0 spiro atoms. The van der Waals surface area contributed by atoms with Gasteiger partial charge in [-0.2, -0.15) is 0 Å². The topological polar surface area (TPSA) is 131 Å². The van der Waals surface area contributed by atoms with E-state index in [0.717, 1.165) is 16.7 Å². The summed E-state index contributed by atoms with van der Waals surface area (Å²) in [5.74, 6) is -1.86. The molecule has 3 aromatic carbocycles. The van der Waals surface area contributed by atoms with Crippen LogP contribution in [0.2, 0.25) is 5.02 Å². The number of H-pyrrole nitrogens is 1. The van der Waals surface area contributed by atoms with Gasteiger partial charge in [0, 0.05) is 5.56 Å². The highest BCUT2D eigenvalue weighted by Gasteiger charge is 2.21. The third-order valence-corrected chi connectivity index (χ3v) is 5.34. The number of carbonyl (C=O) groups excluding carboxylic acids is 1. The van der Waals surface area contributed by atoms with Crippen LogP contribution in [0.3, 0.4) is 0 Å². The molecular formula is C23H20ClN5O4. The van der Waals surface area contributed by atoms with E-state index in [1.54, 1.807) is 0 Å². The lowest BCUT2D eigenvalue weighted by molar-refractivity contribution is -0.146. The number of benzene rings is 3. The van der Waals surface area contributed by atoms with Gasteiger partial charge in [0.2, 0.25) is 0 Å². The molecule has 168 valence electrons. The fourth-order valence-electron chi connectivity index (χ4n) is 3.29. The summed E-state index contributed by atoms with van der Waals surface area (Å²) in [4.78, 5) is 24.3. The monoisotopic (exact) mass is 465 g/mol. The first-order valence-corrected chi connectivity index (χ1v) is 10.4. The highest BCUT2D eigenvalue weighted by atomic mass is 35.5. The zero-order chi connectivity index (χ0) is 23.4. The van der Waals surface area contributed by atoms with E-state index in [9.17, 15) is 14.7 Å². The Balaban J connectivity index is 1.58. The van der Waals surface area contributed by atoms with Gasteiger partial charge in [-0.25, -0.2) is 10.2 Å². The second-order valence-electron chi connectivity index (χ2n) is 7.33. The molecule has 1 unspecified atom stereocenters. The van der Waals surface area contributed by atoms with Crippen LogP contribution in [0.15, 0.2) is 66.7 Å². The number of aromatic amines is 1. The molecule has 33 heavy (non-hydrogen) atoms. The number of hydrazine groups is 1. The van der Waals surface area contributed by atoms with Gasteiger partial charge in [0.15, 0.2) is 6.10 Å². The third-order valence-electron chi connectivity index (χ3n) is 5.04. The van der Waals surface area contributed by atoms with Crippen molar-refractivity contribution in [2.45, 2.75) is 12.6 Å². The van der Waals surface area contributed by atoms with Crippen molar-refractivity contribution in [3.8, 4) is 11.1 Å². The van der Waals surface area contributed by atoms with E-state index < -0.39 is 18.0 Å². The fraction of sp³-hybridized carbons (Fsp3) is 0.130. The third kappa shape index (κ3) is 5.17. The van der Waals surface area contributed by atoms with Crippen LogP contribution < -0.4 is 5.43 Å². The normalized spacial score (nSPS) is 11.9. The van der Waals surface area contributed by atoms with Gasteiger partial charge in [0.1, 0.15) is 11.0 Å². The van der Waals surface area contributed by atoms with Gasteiger partial charge in [-0.05, 0) is 28.8 Å². The molecule has 0 saturated heterocycles. The maximum absolute atomic E-state index is 13.3. The first-order valence-electron chi connectivity index (χ1n) is 10.0. The molecule has 9 nitrogen and oxygen atoms in total. The number of aliphatic carboxylic acids is 1. The minimum absolute atomic E-state index is 0.120. The van der Waals surface area contributed by atoms with Crippen LogP contribution in [0.1, 0.15) is 15.9 Å². The van der Waals surface area contributed by atoms with E-state index in [-0.39, 0.29) is 23.7 Å². The van der Waals surface area contributed by atoms with E-state index in [1.807, 2.05) is 54.6 Å². The summed E-state index contributed by atoms with van der Waals surface area (Å²) in [6.07, 6.45) is -1.68. The second kappa shape index (κ2) is 9.78. The lowest BCUT2D eigenvalue weighted by Crippen LogP contribution is -2.47. The van der Waals surface area contributed by atoms with Gasteiger partial charge < -0.3 is 10.2 Å². The maximum Gasteiger partial charge on any atom is 0.333 e. The molecule has 0 radical (unpaired) electrons. The summed E-state index contributed by atoms with van der Waals surface area (Å²) in [5, 5.41) is 30.4. The summed E-state index contributed by atoms with van der Waals surface area (Å²) in [6.45, 7) is -0.238. The number of aromatic nitrogens is 3. The molecule has 4 aromatic rings. The van der Waals surface area contributed by atoms with Crippen molar-refractivity contribution >= 4 is 34.5 Å². The Morgan fingerprint density at radius 2 is 1.76 bits per heavy atom. The maximum atomic E-state index is 13.3. The molecule has 1 atom stereocenters. The average Bonchev–Trinajstić information content (AvgIpc) is 3.31. The Morgan fingerprint density at radius 1 is 1.06 bits per heavy atom. The van der Waals surface area contributed by atoms with Crippen molar-refractivity contribution in [2.24, 2.45) is 0 Å². The quantitative estimate of drug-likeness (QED) is 0.294. The van der Waals surface area contributed by atoms with Crippen molar-refractivity contribution in [1.29, 1.82) is 0 Å². The molecule has 0 aliphatic carbocycles.